The van der Waals surface area contributed by atoms with Crippen LogP contribution in [0, 0.1) is 0 Å². The molecule has 0 bridgehead atoms. The van der Waals surface area contributed by atoms with Gasteiger partial charge in [-0.15, -0.1) is 0 Å². The van der Waals surface area contributed by atoms with Gasteiger partial charge < -0.3 is 0 Å². The van der Waals surface area contributed by atoms with E-state index in [1.165, 1.54) is 4.90 Å². The number of imide groups is 1. The van der Waals surface area contributed by atoms with Gasteiger partial charge in [-0.1, -0.05) is 51.7 Å². The first-order valence-electron chi connectivity index (χ1n) is 7.67. The molecule has 0 saturated carbocycles. The van der Waals surface area contributed by atoms with Crippen molar-refractivity contribution in [2.24, 2.45) is 0 Å². The molecule has 20 heavy (non-hydrogen) atoms. The zero-order chi connectivity index (χ0) is 14.5. The molecule has 1 aliphatic rings. The normalized spacial score (nSPS) is 15.6. The van der Waals surface area contributed by atoms with Crippen LogP contribution in [-0.2, 0) is 0 Å². The lowest BCUT2D eigenvalue weighted by Crippen LogP contribution is -2.39. The Labute approximate surface area is 121 Å². The van der Waals surface area contributed by atoms with Crippen molar-refractivity contribution in [2.75, 3.05) is 0 Å². The van der Waals surface area contributed by atoms with Crippen LogP contribution in [0.2, 0.25) is 0 Å². The molecule has 0 radical (unpaired) electrons. The molecule has 1 atom stereocenters. The van der Waals surface area contributed by atoms with Crippen molar-refractivity contribution >= 4 is 11.8 Å². The second kappa shape index (κ2) is 6.69. The highest BCUT2D eigenvalue weighted by molar-refractivity contribution is 6.21. The van der Waals surface area contributed by atoms with Gasteiger partial charge in [0.2, 0.25) is 0 Å². The van der Waals surface area contributed by atoms with Gasteiger partial charge in [-0.3, -0.25) is 14.5 Å². The fourth-order valence-electron chi connectivity index (χ4n) is 2.91. The van der Waals surface area contributed by atoms with Gasteiger partial charge in [0, 0.05) is 6.04 Å². The van der Waals surface area contributed by atoms with Crippen molar-refractivity contribution in [1.29, 1.82) is 0 Å². The van der Waals surface area contributed by atoms with E-state index in [0.717, 1.165) is 38.5 Å². The van der Waals surface area contributed by atoms with Crippen molar-refractivity contribution < 1.29 is 9.59 Å². The van der Waals surface area contributed by atoms with E-state index in [1.54, 1.807) is 12.1 Å². The number of fused-ring (bicyclic) bond motifs is 1. The van der Waals surface area contributed by atoms with Crippen molar-refractivity contribution in [3.63, 3.8) is 0 Å². The number of nitrogens with zero attached hydrogens (tertiary/aromatic N) is 1. The Morgan fingerprint density at radius 2 is 1.50 bits per heavy atom. The molecule has 2 amide bonds. The Bertz CT molecular complexity index is 461. The molecule has 3 heteroatoms. The topological polar surface area (TPSA) is 37.4 Å². The van der Waals surface area contributed by atoms with Crippen molar-refractivity contribution in [3.8, 4) is 0 Å². The second-order valence-corrected chi connectivity index (χ2v) is 5.46. The Morgan fingerprint density at radius 3 is 2.00 bits per heavy atom. The number of rotatable bonds is 7. The lowest BCUT2D eigenvalue weighted by atomic mass is 10.0. The van der Waals surface area contributed by atoms with Crippen LogP contribution in [0.3, 0.4) is 0 Å². The van der Waals surface area contributed by atoms with Crippen LogP contribution < -0.4 is 0 Å². The largest absolute Gasteiger partial charge is 0.271 e. The Kier molecular flexibility index (Phi) is 4.94. The summed E-state index contributed by atoms with van der Waals surface area (Å²) in [6, 6.07) is 7.20. The summed E-state index contributed by atoms with van der Waals surface area (Å²) in [5, 5.41) is 0. The standard InChI is InChI=1S/C17H23NO2/c1-3-5-6-10-13(9-4-2)18-16(19)14-11-7-8-12-15(14)17(18)20/h7-8,11-13H,3-6,9-10H2,1-2H3. The van der Waals surface area contributed by atoms with Gasteiger partial charge in [0.05, 0.1) is 11.1 Å². The first kappa shape index (κ1) is 14.8. The van der Waals surface area contributed by atoms with Gasteiger partial charge in [0.1, 0.15) is 0 Å². The van der Waals surface area contributed by atoms with Crippen LogP contribution in [0.25, 0.3) is 0 Å². The SMILES string of the molecule is CCCCCC(CCC)N1C(=O)c2ccccc2C1=O. The molecular formula is C17H23NO2. The molecule has 1 aliphatic heterocycles. The summed E-state index contributed by atoms with van der Waals surface area (Å²) in [6.07, 6.45) is 6.20. The highest BCUT2D eigenvalue weighted by atomic mass is 16.2. The molecule has 0 fully saturated rings. The monoisotopic (exact) mass is 273 g/mol. The molecule has 0 aromatic heterocycles. The fraction of sp³-hybridized carbons (Fsp3) is 0.529. The van der Waals surface area contributed by atoms with Crippen LogP contribution >= 0.6 is 0 Å². The molecule has 1 aromatic carbocycles. The summed E-state index contributed by atoms with van der Waals surface area (Å²) in [4.78, 5) is 26.4. The van der Waals surface area contributed by atoms with E-state index in [2.05, 4.69) is 13.8 Å². The third kappa shape index (κ3) is 2.77. The summed E-state index contributed by atoms with van der Waals surface area (Å²) in [7, 11) is 0. The third-order valence-electron chi connectivity index (χ3n) is 3.95. The van der Waals surface area contributed by atoms with Gasteiger partial charge in [-0.05, 0) is 25.0 Å². The molecule has 2 rings (SSSR count). The van der Waals surface area contributed by atoms with Crippen molar-refractivity contribution in [1.82, 2.24) is 4.90 Å². The van der Waals surface area contributed by atoms with Crippen LogP contribution in [0.4, 0.5) is 0 Å². The lowest BCUT2D eigenvalue weighted by molar-refractivity contribution is 0.0565. The van der Waals surface area contributed by atoms with Crippen molar-refractivity contribution in [2.45, 2.75) is 58.4 Å². The number of benzene rings is 1. The molecule has 1 heterocycles. The van der Waals surface area contributed by atoms with Gasteiger partial charge in [0.15, 0.2) is 0 Å². The maximum absolute atomic E-state index is 12.5. The minimum Gasteiger partial charge on any atom is -0.271 e. The average molecular weight is 273 g/mol. The summed E-state index contributed by atoms with van der Waals surface area (Å²) in [5.74, 6) is -0.221. The predicted molar refractivity (Wildman–Crippen MR) is 79.8 cm³/mol. The molecule has 0 spiro atoms. The Balaban J connectivity index is 2.18. The molecular weight excluding hydrogens is 250 g/mol. The zero-order valence-corrected chi connectivity index (χ0v) is 12.4. The highest BCUT2D eigenvalue weighted by Gasteiger charge is 2.38. The highest BCUT2D eigenvalue weighted by Crippen LogP contribution is 2.28. The molecule has 1 unspecified atom stereocenters. The minimum atomic E-state index is -0.111. The Morgan fingerprint density at radius 1 is 0.900 bits per heavy atom. The number of hydrogen-bond acceptors (Lipinski definition) is 2. The van der Waals surface area contributed by atoms with E-state index >= 15 is 0 Å². The molecule has 108 valence electrons. The van der Waals surface area contributed by atoms with Gasteiger partial charge >= 0.3 is 0 Å². The molecule has 3 nitrogen and oxygen atoms in total. The van der Waals surface area contributed by atoms with Gasteiger partial charge in [0.25, 0.3) is 11.8 Å². The number of amides is 2. The maximum Gasteiger partial charge on any atom is 0.261 e. The number of carbonyl (C=O) groups is 2. The summed E-state index contributed by atoms with van der Waals surface area (Å²) in [6.45, 7) is 4.27. The van der Waals surface area contributed by atoms with E-state index in [1.807, 2.05) is 12.1 Å². The van der Waals surface area contributed by atoms with Crippen LogP contribution in [-0.4, -0.2) is 22.8 Å². The quantitative estimate of drug-likeness (QED) is 0.555. The van der Waals surface area contributed by atoms with E-state index in [9.17, 15) is 9.59 Å². The molecule has 0 N–H and O–H groups in total. The fourth-order valence-corrected chi connectivity index (χ4v) is 2.91. The maximum atomic E-state index is 12.5. The smallest absolute Gasteiger partial charge is 0.261 e. The lowest BCUT2D eigenvalue weighted by Gasteiger charge is -2.26. The number of hydrogen-bond donors (Lipinski definition) is 0. The summed E-state index contributed by atoms with van der Waals surface area (Å²) >= 11 is 0. The Hall–Kier alpha value is -1.64. The summed E-state index contributed by atoms with van der Waals surface area (Å²) in [5.41, 5.74) is 1.13. The van der Waals surface area contributed by atoms with Crippen LogP contribution in [0.1, 0.15) is 73.1 Å². The van der Waals surface area contributed by atoms with Crippen LogP contribution in [0.5, 0.6) is 0 Å². The number of carbonyl (C=O) groups excluding carboxylic acids is 2. The predicted octanol–water partition coefficient (Wildman–Crippen LogP) is 4.03. The first-order valence-corrected chi connectivity index (χ1v) is 7.67. The minimum absolute atomic E-state index is 0.0546. The van der Waals surface area contributed by atoms with E-state index in [4.69, 9.17) is 0 Å². The second-order valence-electron chi connectivity index (χ2n) is 5.46. The molecule has 1 aromatic rings. The number of unbranched alkanes of at least 4 members (excludes halogenated alkanes) is 2. The van der Waals surface area contributed by atoms with Gasteiger partial charge in [-0.2, -0.15) is 0 Å². The summed E-state index contributed by atoms with van der Waals surface area (Å²) < 4.78 is 0. The molecule has 0 aliphatic carbocycles. The van der Waals surface area contributed by atoms with Gasteiger partial charge in [-0.25, -0.2) is 0 Å². The first-order chi connectivity index (χ1) is 9.70. The van der Waals surface area contributed by atoms with E-state index in [-0.39, 0.29) is 17.9 Å². The third-order valence-corrected chi connectivity index (χ3v) is 3.95. The average Bonchev–Trinajstić information content (AvgIpc) is 2.71. The zero-order valence-electron chi connectivity index (χ0n) is 12.4. The van der Waals surface area contributed by atoms with E-state index in [0.29, 0.717) is 11.1 Å². The van der Waals surface area contributed by atoms with E-state index < -0.39 is 0 Å². The molecule has 0 saturated heterocycles. The van der Waals surface area contributed by atoms with Crippen LogP contribution in [0.15, 0.2) is 24.3 Å². The van der Waals surface area contributed by atoms with Crippen molar-refractivity contribution in [3.05, 3.63) is 35.4 Å².